The van der Waals surface area contributed by atoms with Gasteiger partial charge in [0, 0.05) is 28.2 Å². The normalized spacial score (nSPS) is 11.0. The predicted molar refractivity (Wildman–Crippen MR) is 109 cm³/mol. The fraction of sp³-hybridized carbons (Fsp3) is 0.182. The molecule has 0 saturated carbocycles. The number of aromatic nitrogens is 3. The standard InChI is InChI=1S/C22H19N3O5/c1-2-14-9-6-10-16-17(11-23-20(14)16)18(26)13-29-19(27)12-25-22(28)30-21(24-25)15-7-4-3-5-8-15/h3-11,23H,2,12-13H2,1H3. The van der Waals surface area contributed by atoms with Crippen LogP contribution in [-0.2, 0) is 22.5 Å². The number of aryl methyl sites for hydroxylation is 1. The minimum atomic E-state index is -0.777. The number of ketones is 1. The summed E-state index contributed by atoms with van der Waals surface area (Å²) >= 11 is 0. The van der Waals surface area contributed by atoms with Crippen LogP contribution in [0.4, 0.5) is 0 Å². The first kappa shape index (κ1) is 19.4. The van der Waals surface area contributed by atoms with Crippen molar-refractivity contribution in [1.29, 1.82) is 0 Å². The van der Waals surface area contributed by atoms with E-state index in [1.807, 2.05) is 31.2 Å². The summed E-state index contributed by atoms with van der Waals surface area (Å²) in [5.41, 5.74) is 3.07. The Morgan fingerprint density at radius 2 is 1.93 bits per heavy atom. The van der Waals surface area contributed by atoms with E-state index >= 15 is 0 Å². The predicted octanol–water partition coefficient (Wildman–Crippen LogP) is 2.97. The van der Waals surface area contributed by atoms with Gasteiger partial charge in [-0.25, -0.2) is 4.79 Å². The van der Waals surface area contributed by atoms with Crippen molar-refractivity contribution in [3.8, 4) is 11.5 Å². The van der Waals surface area contributed by atoms with Gasteiger partial charge in [0.1, 0.15) is 6.54 Å². The lowest BCUT2D eigenvalue weighted by atomic mass is 10.1. The van der Waals surface area contributed by atoms with E-state index in [9.17, 15) is 14.4 Å². The molecule has 4 rings (SSSR count). The Kier molecular flexibility index (Phi) is 5.30. The highest BCUT2D eigenvalue weighted by molar-refractivity contribution is 6.09. The van der Waals surface area contributed by atoms with Crippen molar-refractivity contribution in [2.24, 2.45) is 0 Å². The van der Waals surface area contributed by atoms with Gasteiger partial charge in [0.05, 0.1) is 0 Å². The molecule has 0 bridgehead atoms. The highest BCUT2D eigenvalue weighted by atomic mass is 16.5. The Balaban J connectivity index is 1.42. The summed E-state index contributed by atoms with van der Waals surface area (Å²) in [6, 6.07) is 14.6. The average Bonchev–Trinajstić information content (AvgIpc) is 3.36. The summed E-state index contributed by atoms with van der Waals surface area (Å²) in [6.45, 7) is 1.16. The molecule has 0 radical (unpaired) electrons. The summed E-state index contributed by atoms with van der Waals surface area (Å²) in [4.78, 5) is 39.7. The minimum absolute atomic E-state index is 0.106. The molecular formula is C22H19N3O5. The number of nitrogens with zero attached hydrogens (tertiary/aromatic N) is 2. The van der Waals surface area contributed by atoms with Crippen LogP contribution in [0.2, 0.25) is 0 Å². The first-order valence-electron chi connectivity index (χ1n) is 9.48. The number of fused-ring (bicyclic) bond motifs is 1. The van der Waals surface area contributed by atoms with E-state index in [-0.39, 0.29) is 11.7 Å². The Morgan fingerprint density at radius 1 is 1.13 bits per heavy atom. The SMILES string of the molecule is CCc1cccc2c(C(=O)COC(=O)Cn3nc(-c4ccccc4)oc3=O)c[nH]c12. The molecule has 0 atom stereocenters. The molecule has 1 N–H and O–H groups in total. The molecule has 0 fully saturated rings. The summed E-state index contributed by atoms with van der Waals surface area (Å²) in [7, 11) is 0. The van der Waals surface area contributed by atoms with Crippen LogP contribution in [-0.4, -0.2) is 33.1 Å². The third kappa shape index (κ3) is 3.80. The number of aromatic amines is 1. The van der Waals surface area contributed by atoms with Crippen LogP contribution < -0.4 is 5.76 Å². The molecule has 0 saturated heterocycles. The van der Waals surface area contributed by atoms with Gasteiger partial charge >= 0.3 is 11.7 Å². The van der Waals surface area contributed by atoms with E-state index < -0.39 is 24.9 Å². The number of ether oxygens (including phenoxy) is 1. The fourth-order valence-corrected chi connectivity index (χ4v) is 3.24. The number of Topliss-reactive ketones (excluding diaryl/α,β-unsaturated/α-hetero) is 1. The molecule has 0 amide bonds. The first-order chi connectivity index (χ1) is 14.6. The van der Waals surface area contributed by atoms with Crippen LogP contribution in [0.1, 0.15) is 22.8 Å². The second-order valence-corrected chi connectivity index (χ2v) is 6.68. The largest absolute Gasteiger partial charge is 0.456 e. The number of rotatable bonds is 7. The number of benzene rings is 2. The Morgan fingerprint density at radius 3 is 2.70 bits per heavy atom. The number of para-hydroxylation sites is 1. The molecule has 2 aromatic carbocycles. The van der Waals surface area contributed by atoms with Crippen molar-refractivity contribution >= 4 is 22.7 Å². The molecule has 2 aromatic heterocycles. The molecule has 4 aromatic rings. The molecular weight excluding hydrogens is 386 g/mol. The van der Waals surface area contributed by atoms with Gasteiger partial charge in [0.25, 0.3) is 0 Å². The van der Waals surface area contributed by atoms with Gasteiger partial charge < -0.3 is 14.1 Å². The molecule has 152 valence electrons. The number of carbonyl (C=O) groups is 2. The lowest BCUT2D eigenvalue weighted by Gasteiger charge is -2.04. The van der Waals surface area contributed by atoms with Gasteiger partial charge in [-0.1, -0.05) is 43.3 Å². The zero-order valence-corrected chi connectivity index (χ0v) is 16.3. The van der Waals surface area contributed by atoms with E-state index in [4.69, 9.17) is 9.15 Å². The van der Waals surface area contributed by atoms with Crippen molar-refractivity contribution in [2.45, 2.75) is 19.9 Å². The molecule has 2 heterocycles. The monoisotopic (exact) mass is 405 g/mol. The summed E-state index contributed by atoms with van der Waals surface area (Å²) in [6.07, 6.45) is 2.45. The minimum Gasteiger partial charge on any atom is -0.456 e. The van der Waals surface area contributed by atoms with E-state index in [2.05, 4.69) is 10.1 Å². The van der Waals surface area contributed by atoms with Crippen molar-refractivity contribution in [3.05, 3.63) is 76.4 Å². The Hall–Kier alpha value is -3.94. The number of hydrogen-bond acceptors (Lipinski definition) is 6. The van der Waals surface area contributed by atoms with Crippen molar-refractivity contribution < 1.29 is 18.7 Å². The van der Waals surface area contributed by atoms with Crippen LogP contribution >= 0.6 is 0 Å². The highest BCUT2D eigenvalue weighted by Gasteiger charge is 2.18. The van der Waals surface area contributed by atoms with Crippen molar-refractivity contribution in [1.82, 2.24) is 14.8 Å². The van der Waals surface area contributed by atoms with Gasteiger partial charge in [0.15, 0.2) is 6.61 Å². The maximum absolute atomic E-state index is 12.5. The second kappa shape index (κ2) is 8.20. The van der Waals surface area contributed by atoms with Crippen LogP contribution in [0.25, 0.3) is 22.4 Å². The Labute approximate surface area is 171 Å². The van der Waals surface area contributed by atoms with Crippen LogP contribution in [0.5, 0.6) is 0 Å². The zero-order valence-electron chi connectivity index (χ0n) is 16.3. The van der Waals surface area contributed by atoms with Crippen molar-refractivity contribution in [3.63, 3.8) is 0 Å². The van der Waals surface area contributed by atoms with E-state index in [0.29, 0.717) is 11.1 Å². The van der Waals surface area contributed by atoms with Crippen LogP contribution in [0, 0.1) is 0 Å². The number of nitrogens with one attached hydrogen (secondary N) is 1. The van der Waals surface area contributed by atoms with Gasteiger partial charge in [-0.05, 0) is 24.1 Å². The third-order valence-electron chi connectivity index (χ3n) is 4.75. The van der Waals surface area contributed by atoms with Gasteiger partial charge in [-0.15, -0.1) is 5.10 Å². The molecule has 0 aliphatic rings. The van der Waals surface area contributed by atoms with Crippen LogP contribution in [0.15, 0.2) is 63.9 Å². The molecule has 0 aliphatic carbocycles. The first-order valence-corrected chi connectivity index (χ1v) is 9.48. The lowest BCUT2D eigenvalue weighted by molar-refractivity contribution is -0.143. The van der Waals surface area contributed by atoms with E-state index in [1.165, 1.54) is 0 Å². The van der Waals surface area contributed by atoms with E-state index in [0.717, 1.165) is 27.6 Å². The van der Waals surface area contributed by atoms with Crippen molar-refractivity contribution in [2.75, 3.05) is 6.61 Å². The summed E-state index contributed by atoms with van der Waals surface area (Å²) < 4.78 is 11.0. The third-order valence-corrected chi connectivity index (χ3v) is 4.75. The maximum Gasteiger partial charge on any atom is 0.437 e. The lowest BCUT2D eigenvalue weighted by Crippen LogP contribution is -2.24. The highest BCUT2D eigenvalue weighted by Crippen LogP contribution is 2.22. The maximum atomic E-state index is 12.5. The number of carbonyl (C=O) groups excluding carboxylic acids is 2. The second-order valence-electron chi connectivity index (χ2n) is 6.68. The number of H-pyrrole nitrogens is 1. The molecule has 8 heteroatoms. The molecule has 0 spiro atoms. The average molecular weight is 405 g/mol. The molecule has 30 heavy (non-hydrogen) atoms. The number of esters is 1. The quantitative estimate of drug-likeness (QED) is 0.374. The van der Waals surface area contributed by atoms with Crippen LogP contribution in [0.3, 0.4) is 0 Å². The molecule has 0 unspecified atom stereocenters. The van der Waals surface area contributed by atoms with Gasteiger partial charge in [-0.2, -0.15) is 4.68 Å². The van der Waals surface area contributed by atoms with Gasteiger partial charge in [-0.3, -0.25) is 9.59 Å². The fourth-order valence-electron chi connectivity index (χ4n) is 3.24. The van der Waals surface area contributed by atoms with E-state index in [1.54, 1.807) is 30.5 Å². The Bertz CT molecular complexity index is 1270. The topological polar surface area (TPSA) is 107 Å². The summed E-state index contributed by atoms with van der Waals surface area (Å²) in [5.74, 6) is -1.76. The van der Waals surface area contributed by atoms with Gasteiger partial charge in [0.2, 0.25) is 11.7 Å². The molecule has 8 nitrogen and oxygen atoms in total. The zero-order chi connectivity index (χ0) is 21.1. The molecule has 0 aliphatic heterocycles. The number of hydrogen-bond donors (Lipinski definition) is 1. The smallest absolute Gasteiger partial charge is 0.437 e. The summed E-state index contributed by atoms with van der Waals surface area (Å²) in [5, 5.41) is 4.79.